The number of piperazine rings is 1. The second kappa shape index (κ2) is 5.63. The van der Waals surface area contributed by atoms with Crippen LogP contribution in [0.25, 0.3) is 0 Å². The molecular formula is C13H19BrN4O. The number of aromatic amines is 1. The van der Waals surface area contributed by atoms with Crippen LogP contribution in [0.15, 0.2) is 15.5 Å². The van der Waals surface area contributed by atoms with E-state index in [0.29, 0.717) is 4.47 Å². The number of rotatable bonds is 2. The Morgan fingerprint density at radius 2 is 1.89 bits per heavy atom. The van der Waals surface area contributed by atoms with E-state index in [2.05, 4.69) is 35.9 Å². The topological polar surface area (TPSA) is 52.2 Å². The molecule has 1 aromatic rings. The fraction of sp³-hybridized carbons (Fsp3) is 0.692. The van der Waals surface area contributed by atoms with Gasteiger partial charge in [-0.1, -0.05) is 12.8 Å². The Labute approximate surface area is 121 Å². The van der Waals surface area contributed by atoms with Gasteiger partial charge in [-0.25, -0.2) is 5.10 Å². The summed E-state index contributed by atoms with van der Waals surface area (Å²) >= 11 is 3.36. The third-order valence-corrected chi connectivity index (χ3v) is 5.04. The molecule has 5 nitrogen and oxygen atoms in total. The van der Waals surface area contributed by atoms with E-state index in [-0.39, 0.29) is 5.56 Å². The number of H-pyrrole nitrogens is 1. The molecule has 104 valence electrons. The average molecular weight is 327 g/mol. The highest BCUT2D eigenvalue weighted by molar-refractivity contribution is 9.10. The number of nitrogens with one attached hydrogen (secondary N) is 1. The first-order valence-corrected chi connectivity index (χ1v) is 7.77. The van der Waals surface area contributed by atoms with Crippen molar-refractivity contribution in [1.82, 2.24) is 15.1 Å². The highest BCUT2D eigenvalue weighted by Gasteiger charge is 2.27. The molecular weight excluding hydrogens is 308 g/mol. The van der Waals surface area contributed by atoms with E-state index in [9.17, 15) is 4.79 Å². The second-order valence-electron chi connectivity index (χ2n) is 5.36. The number of hydrogen-bond acceptors (Lipinski definition) is 4. The maximum absolute atomic E-state index is 11.6. The van der Waals surface area contributed by atoms with Gasteiger partial charge >= 0.3 is 0 Å². The number of aromatic nitrogens is 2. The van der Waals surface area contributed by atoms with Gasteiger partial charge in [-0.05, 0) is 28.8 Å². The lowest BCUT2D eigenvalue weighted by molar-refractivity contribution is 0.187. The van der Waals surface area contributed by atoms with Crippen molar-refractivity contribution in [1.29, 1.82) is 0 Å². The van der Waals surface area contributed by atoms with E-state index < -0.39 is 0 Å². The lowest BCUT2D eigenvalue weighted by Crippen LogP contribution is -2.50. The van der Waals surface area contributed by atoms with Crippen LogP contribution in [-0.2, 0) is 0 Å². The Bertz CT molecular complexity index is 490. The molecule has 1 N–H and O–H groups in total. The third kappa shape index (κ3) is 2.69. The van der Waals surface area contributed by atoms with Crippen LogP contribution in [0.4, 0.5) is 5.69 Å². The van der Waals surface area contributed by atoms with Crippen molar-refractivity contribution < 1.29 is 0 Å². The monoisotopic (exact) mass is 326 g/mol. The molecule has 1 aliphatic heterocycles. The number of anilines is 1. The highest BCUT2D eigenvalue weighted by atomic mass is 79.9. The first kappa shape index (κ1) is 13.1. The van der Waals surface area contributed by atoms with Gasteiger partial charge in [0.25, 0.3) is 5.56 Å². The van der Waals surface area contributed by atoms with Crippen molar-refractivity contribution in [3.63, 3.8) is 0 Å². The molecule has 1 aliphatic carbocycles. The van der Waals surface area contributed by atoms with Crippen LogP contribution < -0.4 is 10.5 Å². The predicted molar refractivity (Wildman–Crippen MR) is 78.6 cm³/mol. The van der Waals surface area contributed by atoms with Crippen molar-refractivity contribution in [3.8, 4) is 0 Å². The van der Waals surface area contributed by atoms with E-state index >= 15 is 0 Å². The van der Waals surface area contributed by atoms with Gasteiger partial charge in [-0.2, -0.15) is 5.10 Å². The SMILES string of the molecule is O=c1[nH]ncc(N2CCN(C3CCCC3)CC2)c1Br. The lowest BCUT2D eigenvalue weighted by atomic mass is 10.2. The minimum absolute atomic E-state index is 0.157. The molecule has 6 heteroatoms. The van der Waals surface area contributed by atoms with Crippen molar-refractivity contribution in [3.05, 3.63) is 21.0 Å². The molecule has 1 saturated heterocycles. The molecule has 0 aromatic carbocycles. The minimum Gasteiger partial charge on any atom is -0.367 e. The van der Waals surface area contributed by atoms with Gasteiger partial charge in [0.2, 0.25) is 0 Å². The van der Waals surface area contributed by atoms with E-state index in [1.165, 1.54) is 25.7 Å². The van der Waals surface area contributed by atoms with Gasteiger partial charge in [0.15, 0.2) is 0 Å². The fourth-order valence-corrected chi connectivity index (χ4v) is 3.63. The van der Waals surface area contributed by atoms with E-state index in [4.69, 9.17) is 0 Å². The van der Waals surface area contributed by atoms with Crippen LogP contribution in [-0.4, -0.2) is 47.3 Å². The van der Waals surface area contributed by atoms with Crippen LogP contribution in [0.2, 0.25) is 0 Å². The van der Waals surface area contributed by atoms with Crippen LogP contribution in [0.1, 0.15) is 25.7 Å². The van der Waals surface area contributed by atoms with Crippen LogP contribution >= 0.6 is 15.9 Å². The van der Waals surface area contributed by atoms with E-state index in [0.717, 1.165) is 37.9 Å². The summed E-state index contributed by atoms with van der Waals surface area (Å²) in [6, 6.07) is 0.794. The quantitative estimate of drug-likeness (QED) is 0.896. The molecule has 0 bridgehead atoms. The van der Waals surface area contributed by atoms with Gasteiger partial charge in [0, 0.05) is 32.2 Å². The lowest BCUT2D eigenvalue weighted by Gasteiger charge is -2.39. The second-order valence-corrected chi connectivity index (χ2v) is 6.15. The standard InChI is InChI=1S/C13H19BrN4O/c14-12-11(9-15-16-13(12)19)18-7-5-17(6-8-18)10-3-1-2-4-10/h9-10H,1-8H2,(H,16,19). The summed E-state index contributed by atoms with van der Waals surface area (Å²) in [6.07, 6.45) is 7.21. The molecule has 0 spiro atoms. The molecule has 0 atom stereocenters. The summed E-state index contributed by atoms with van der Waals surface area (Å²) in [7, 11) is 0. The molecule has 0 unspecified atom stereocenters. The summed E-state index contributed by atoms with van der Waals surface area (Å²) in [5, 5.41) is 6.34. The molecule has 0 amide bonds. The van der Waals surface area contributed by atoms with Gasteiger partial charge < -0.3 is 4.90 Å². The summed E-state index contributed by atoms with van der Waals surface area (Å²) in [5.74, 6) is 0. The Balaban J connectivity index is 1.66. The Morgan fingerprint density at radius 3 is 2.58 bits per heavy atom. The van der Waals surface area contributed by atoms with Crippen molar-refractivity contribution >= 4 is 21.6 Å². The average Bonchev–Trinajstić information content (AvgIpc) is 2.96. The zero-order valence-corrected chi connectivity index (χ0v) is 12.5. The van der Waals surface area contributed by atoms with Crippen LogP contribution in [0, 0.1) is 0 Å². The summed E-state index contributed by atoms with van der Waals surface area (Å²) in [5.41, 5.74) is 0.755. The normalized spacial score (nSPS) is 22.1. The molecule has 0 radical (unpaired) electrons. The maximum atomic E-state index is 11.6. The first-order valence-electron chi connectivity index (χ1n) is 6.98. The molecule has 2 aliphatic rings. The molecule has 2 heterocycles. The molecule has 3 rings (SSSR count). The van der Waals surface area contributed by atoms with Gasteiger partial charge in [-0.15, -0.1) is 0 Å². The van der Waals surface area contributed by atoms with E-state index in [1.807, 2.05) is 0 Å². The third-order valence-electron chi connectivity index (χ3n) is 4.27. The van der Waals surface area contributed by atoms with Crippen LogP contribution in [0.5, 0.6) is 0 Å². The first-order chi connectivity index (χ1) is 9.25. The van der Waals surface area contributed by atoms with Crippen LogP contribution in [0.3, 0.4) is 0 Å². The molecule has 19 heavy (non-hydrogen) atoms. The summed E-state index contributed by atoms with van der Waals surface area (Å²) in [4.78, 5) is 16.4. The molecule has 2 fully saturated rings. The predicted octanol–water partition coefficient (Wildman–Crippen LogP) is 1.60. The van der Waals surface area contributed by atoms with Crippen molar-refractivity contribution in [2.75, 3.05) is 31.1 Å². The molecule has 1 saturated carbocycles. The summed E-state index contributed by atoms with van der Waals surface area (Å²) in [6.45, 7) is 4.12. The fourth-order valence-electron chi connectivity index (χ4n) is 3.19. The number of nitrogens with zero attached hydrogens (tertiary/aromatic N) is 3. The van der Waals surface area contributed by atoms with Crippen molar-refractivity contribution in [2.24, 2.45) is 0 Å². The zero-order chi connectivity index (χ0) is 13.2. The smallest absolute Gasteiger partial charge is 0.280 e. The van der Waals surface area contributed by atoms with Gasteiger partial charge in [0.1, 0.15) is 4.47 Å². The zero-order valence-electron chi connectivity index (χ0n) is 10.9. The maximum Gasteiger partial charge on any atom is 0.280 e. The van der Waals surface area contributed by atoms with Gasteiger partial charge in [0.05, 0.1) is 11.9 Å². The minimum atomic E-state index is -0.157. The Morgan fingerprint density at radius 1 is 1.21 bits per heavy atom. The van der Waals surface area contributed by atoms with Crippen molar-refractivity contribution in [2.45, 2.75) is 31.7 Å². The number of hydrogen-bond donors (Lipinski definition) is 1. The Kier molecular flexibility index (Phi) is 3.88. The number of halogens is 1. The highest BCUT2D eigenvalue weighted by Crippen LogP contribution is 2.27. The summed E-state index contributed by atoms with van der Waals surface area (Å²) < 4.78 is 0.594. The van der Waals surface area contributed by atoms with E-state index in [1.54, 1.807) is 6.20 Å². The largest absolute Gasteiger partial charge is 0.367 e. The van der Waals surface area contributed by atoms with Gasteiger partial charge in [-0.3, -0.25) is 9.69 Å². The molecule has 1 aromatic heterocycles. The Hall–Kier alpha value is -0.880.